The molecule has 0 unspecified atom stereocenters. The van der Waals surface area contributed by atoms with Crippen LogP contribution in [0.25, 0.3) is 5.57 Å². The Morgan fingerprint density at radius 2 is 1.62 bits per heavy atom. The smallest absolute Gasteiger partial charge is 0.335 e. The van der Waals surface area contributed by atoms with Crippen LogP contribution >= 0.6 is 0 Å². The van der Waals surface area contributed by atoms with E-state index in [0.29, 0.717) is 0 Å². The summed E-state index contributed by atoms with van der Waals surface area (Å²) in [7, 11) is 0. The first-order chi connectivity index (χ1) is 6.00. The van der Waals surface area contributed by atoms with Gasteiger partial charge < -0.3 is 15.3 Å². The zero-order valence-corrected chi connectivity index (χ0v) is 6.69. The van der Waals surface area contributed by atoms with Crippen LogP contribution in [0.1, 0.15) is 5.56 Å². The third-order valence-electron chi connectivity index (χ3n) is 1.51. The van der Waals surface area contributed by atoms with Gasteiger partial charge in [0, 0.05) is 6.07 Å². The number of hydrogen-bond donors (Lipinski definition) is 3. The van der Waals surface area contributed by atoms with Crippen LogP contribution in [0.3, 0.4) is 0 Å². The summed E-state index contributed by atoms with van der Waals surface area (Å²) in [6.07, 6.45) is 0. The summed E-state index contributed by atoms with van der Waals surface area (Å²) in [6, 6.07) is 3.55. The maximum Gasteiger partial charge on any atom is 0.335 e. The predicted octanol–water partition coefficient (Wildman–Crippen LogP) is 1.20. The lowest BCUT2D eigenvalue weighted by Crippen LogP contribution is -1.97. The van der Waals surface area contributed by atoms with Crippen molar-refractivity contribution in [3.05, 3.63) is 30.3 Å². The number of hydrogen-bond acceptors (Lipinski definition) is 3. The number of carbonyl (C=O) groups is 1. The van der Waals surface area contributed by atoms with Crippen molar-refractivity contribution in [1.29, 1.82) is 0 Å². The topological polar surface area (TPSA) is 77.8 Å². The van der Waals surface area contributed by atoms with Crippen molar-refractivity contribution in [2.75, 3.05) is 0 Å². The Bertz CT molecular complexity index is 348. The van der Waals surface area contributed by atoms with E-state index >= 15 is 0 Å². The van der Waals surface area contributed by atoms with E-state index in [2.05, 4.69) is 6.58 Å². The Morgan fingerprint density at radius 3 is 2.00 bits per heavy atom. The highest BCUT2D eigenvalue weighted by atomic mass is 16.4. The minimum Gasteiger partial charge on any atom is -0.508 e. The molecule has 0 amide bonds. The summed E-state index contributed by atoms with van der Waals surface area (Å²) in [5.74, 6) is -1.58. The highest BCUT2D eigenvalue weighted by molar-refractivity contribution is 6.14. The summed E-state index contributed by atoms with van der Waals surface area (Å²) >= 11 is 0. The Balaban J connectivity index is 3.15. The van der Waals surface area contributed by atoms with Gasteiger partial charge in [-0.3, -0.25) is 0 Å². The van der Waals surface area contributed by atoms with Crippen LogP contribution in [-0.2, 0) is 4.79 Å². The number of benzene rings is 1. The fourth-order valence-corrected chi connectivity index (χ4v) is 0.893. The van der Waals surface area contributed by atoms with E-state index in [1.165, 1.54) is 12.1 Å². The van der Waals surface area contributed by atoms with E-state index in [9.17, 15) is 4.79 Å². The van der Waals surface area contributed by atoms with Crippen LogP contribution in [-0.4, -0.2) is 21.3 Å². The van der Waals surface area contributed by atoms with E-state index in [0.717, 1.165) is 6.07 Å². The van der Waals surface area contributed by atoms with E-state index in [1.54, 1.807) is 0 Å². The Hall–Kier alpha value is -1.97. The van der Waals surface area contributed by atoms with Crippen LogP contribution in [0.2, 0.25) is 0 Å². The summed E-state index contributed by atoms with van der Waals surface area (Å²) < 4.78 is 0. The van der Waals surface area contributed by atoms with Crippen molar-refractivity contribution in [3.8, 4) is 11.5 Å². The first-order valence-electron chi connectivity index (χ1n) is 3.46. The standard InChI is InChI=1S/C9H8O4/c1-5(9(12)13)6-2-7(10)4-8(11)3-6/h2-4,10-11H,1H2,(H,12,13). The molecular weight excluding hydrogens is 172 g/mol. The molecule has 0 saturated carbocycles. The van der Waals surface area contributed by atoms with E-state index in [4.69, 9.17) is 15.3 Å². The molecule has 0 aromatic heterocycles. The first kappa shape index (κ1) is 9.12. The minimum absolute atomic E-state index is 0.175. The zero-order valence-electron chi connectivity index (χ0n) is 6.69. The maximum absolute atomic E-state index is 10.5. The average molecular weight is 180 g/mol. The number of phenols is 2. The lowest BCUT2D eigenvalue weighted by molar-refractivity contribution is -0.130. The second-order valence-corrected chi connectivity index (χ2v) is 2.52. The third-order valence-corrected chi connectivity index (χ3v) is 1.51. The number of carboxylic acids is 1. The van der Waals surface area contributed by atoms with Gasteiger partial charge in [-0.25, -0.2) is 4.79 Å². The molecule has 0 radical (unpaired) electrons. The largest absolute Gasteiger partial charge is 0.508 e. The molecule has 13 heavy (non-hydrogen) atoms. The number of phenolic OH excluding ortho intramolecular Hbond substituents is 2. The Morgan fingerprint density at radius 1 is 1.15 bits per heavy atom. The lowest BCUT2D eigenvalue weighted by Gasteiger charge is -2.02. The highest BCUT2D eigenvalue weighted by Crippen LogP contribution is 2.24. The highest BCUT2D eigenvalue weighted by Gasteiger charge is 2.08. The number of rotatable bonds is 2. The number of aromatic hydroxyl groups is 2. The molecule has 0 spiro atoms. The fraction of sp³-hybridized carbons (Fsp3) is 0. The van der Waals surface area contributed by atoms with E-state index < -0.39 is 5.97 Å². The van der Waals surface area contributed by atoms with Crippen LogP contribution < -0.4 is 0 Å². The van der Waals surface area contributed by atoms with Crippen molar-refractivity contribution in [2.24, 2.45) is 0 Å². The number of carboxylic acid groups (broad SMARTS) is 1. The summed E-state index contributed by atoms with van der Waals surface area (Å²) in [5, 5.41) is 26.6. The van der Waals surface area contributed by atoms with Gasteiger partial charge >= 0.3 is 5.97 Å². The molecule has 1 aromatic rings. The van der Waals surface area contributed by atoms with Gasteiger partial charge in [0.05, 0.1) is 5.57 Å². The minimum atomic E-state index is -1.19. The zero-order chi connectivity index (χ0) is 10.0. The second-order valence-electron chi connectivity index (χ2n) is 2.52. The Kier molecular flexibility index (Phi) is 2.23. The van der Waals surface area contributed by atoms with Gasteiger partial charge in [-0.15, -0.1) is 0 Å². The molecule has 4 nitrogen and oxygen atoms in total. The van der Waals surface area contributed by atoms with Crippen molar-refractivity contribution in [1.82, 2.24) is 0 Å². The van der Waals surface area contributed by atoms with Gasteiger partial charge in [0.25, 0.3) is 0 Å². The quantitative estimate of drug-likeness (QED) is 0.597. The monoisotopic (exact) mass is 180 g/mol. The molecule has 1 aromatic carbocycles. The summed E-state index contributed by atoms with van der Waals surface area (Å²) in [5.41, 5.74) is 0.0104. The number of aliphatic carboxylic acids is 1. The fourth-order valence-electron chi connectivity index (χ4n) is 0.893. The molecule has 0 heterocycles. The van der Waals surface area contributed by atoms with E-state index in [1.807, 2.05) is 0 Å². The third kappa shape index (κ3) is 1.99. The molecule has 0 fully saturated rings. The average Bonchev–Trinajstić information content (AvgIpc) is 2.01. The van der Waals surface area contributed by atoms with Crippen molar-refractivity contribution >= 4 is 11.5 Å². The predicted molar refractivity (Wildman–Crippen MR) is 46.4 cm³/mol. The van der Waals surface area contributed by atoms with Crippen LogP contribution in [0.4, 0.5) is 0 Å². The van der Waals surface area contributed by atoms with Crippen molar-refractivity contribution < 1.29 is 20.1 Å². The van der Waals surface area contributed by atoms with Crippen LogP contribution in [0.5, 0.6) is 11.5 Å². The van der Waals surface area contributed by atoms with Gasteiger partial charge in [-0.05, 0) is 17.7 Å². The van der Waals surface area contributed by atoms with Crippen LogP contribution in [0, 0.1) is 0 Å². The Labute approximate surface area is 74.4 Å². The van der Waals surface area contributed by atoms with Gasteiger partial charge in [-0.2, -0.15) is 0 Å². The summed E-state index contributed by atoms with van der Waals surface area (Å²) in [4.78, 5) is 10.5. The van der Waals surface area contributed by atoms with Gasteiger partial charge in [-0.1, -0.05) is 6.58 Å². The van der Waals surface area contributed by atoms with Gasteiger partial charge in [0.15, 0.2) is 0 Å². The molecule has 0 aliphatic carbocycles. The maximum atomic E-state index is 10.5. The van der Waals surface area contributed by atoms with Crippen LogP contribution in [0.15, 0.2) is 24.8 Å². The van der Waals surface area contributed by atoms with E-state index in [-0.39, 0.29) is 22.6 Å². The normalized spacial score (nSPS) is 9.54. The molecule has 3 N–H and O–H groups in total. The molecular formula is C9H8O4. The first-order valence-corrected chi connectivity index (χ1v) is 3.46. The lowest BCUT2D eigenvalue weighted by atomic mass is 10.1. The SMILES string of the molecule is C=C(C(=O)O)c1cc(O)cc(O)c1. The molecule has 1 rings (SSSR count). The molecule has 0 atom stereocenters. The molecule has 0 aliphatic rings. The van der Waals surface area contributed by atoms with Gasteiger partial charge in [0.1, 0.15) is 11.5 Å². The molecule has 68 valence electrons. The second kappa shape index (κ2) is 3.18. The molecule has 0 aliphatic heterocycles. The van der Waals surface area contributed by atoms with Gasteiger partial charge in [0.2, 0.25) is 0 Å². The van der Waals surface area contributed by atoms with Crippen molar-refractivity contribution in [2.45, 2.75) is 0 Å². The van der Waals surface area contributed by atoms with Crippen molar-refractivity contribution in [3.63, 3.8) is 0 Å². The molecule has 0 bridgehead atoms. The molecule has 4 heteroatoms. The summed E-state index contributed by atoms with van der Waals surface area (Å²) in [6.45, 7) is 3.28. The molecule has 0 saturated heterocycles.